The number of benzene rings is 1. The lowest BCUT2D eigenvalue weighted by atomic mass is 10.3. The Balaban J connectivity index is 2.21. The Morgan fingerprint density at radius 3 is 2.50 bits per heavy atom. The zero-order valence-electron chi connectivity index (χ0n) is 9.85. The van der Waals surface area contributed by atoms with E-state index in [4.69, 9.17) is 16.8 Å². The van der Waals surface area contributed by atoms with E-state index in [0.29, 0.717) is 10.8 Å². The van der Waals surface area contributed by atoms with Crippen LogP contribution in [0.4, 0.5) is 19.3 Å². The number of hydrogen-bond acceptors (Lipinski definition) is 2. The third kappa shape index (κ3) is 3.55. The molecule has 0 saturated heterocycles. The molecule has 104 valence electrons. The Hall–Kier alpha value is -2.41. The van der Waals surface area contributed by atoms with Gasteiger partial charge < -0.3 is 10.5 Å². The lowest BCUT2D eigenvalue weighted by Gasteiger charge is -2.02. The van der Waals surface area contributed by atoms with Crippen LogP contribution in [0, 0.1) is 11.6 Å². The third-order valence-corrected chi connectivity index (χ3v) is 2.50. The molecule has 0 aliphatic rings. The van der Waals surface area contributed by atoms with Gasteiger partial charge in [0.05, 0.1) is 5.36 Å². The van der Waals surface area contributed by atoms with Crippen LogP contribution in [-0.2, 0) is 0 Å². The van der Waals surface area contributed by atoms with Gasteiger partial charge in [-0.25, -0.2) is 13.6 Å². The van der Waals surface area contributed by atoms with Crippen molar-refractivity contribution >= 4 is 23.3 Å². The topological polar surface area (TPSA) is 66.6 Å². The SMILES string of the molecule is O=C(/N=c1/ccn(O)c(Cl)c1)Nc1cc(F)cc(F)c1. The van der Waals surface area contributed by atoms with Crippen LogP contribution < -0.4 is 10.7 Å². The molecule has 0 spiro atoms. The maximum Gasteiger partial charge on any atom is 0.345 e. The van der Waals surface area contributed by atoms with Crippen LogP contribution in [-0.4, -0.2) is 16.0 Å². The number of aromatic nitrogens is 1. The van der Waals surface area contributed by atoms with E-state index in [9.17, 15) is 13.6 Å². The van der Waals surface area contributed by atoms with Gasteiger partial charge in [-0.2, -0.15) is 9.72 Å². The molecule has 0 unspecified atom stereocenters. The van der Waals surface area contributed by atoms with E-state index in [2.05, 4.69) is 10.3 Å². The van der Waals surface area contributed by atoms with Gasteiger partial charge >= 0.3 is 6.03 Å². The van der Waals surface area contributed by atoms with Crippen molar-refractivity contribution in [2.75, 3.05) is 5.32 Å². The summed E-state index contributed by atoms with van der Waals surface area (Å²) in [6.45, 7) is 0. The maximum absolute atomic E-state index is 12.9. The highest BCUT2D eigenvalue weighted by molar-refractivity contribution is 6.29. The second-order valence-electron chi connectivity index (χ2n) is 3.75. The van der Waals surface area contributed by atoms with Crippen LogP contribution in [0.2, 0.25) is 5.15 Å². The van der Waals surface area contributed by atoms with Gasteiger partial charge in [-0.3, -0.25) is 0 Å². The van der Waals surface area contributed by atoms with E-state index in [1.807, 2.05) is 0 Å². The van der Waals surface area contributed by atoms with Crippen molar-refractivity contribution < 1.29 is 18.8 Å². The zero-order chi connectivity index (χ0) is 14.7. The van der Waals surface area contributed by atoms with E-state index in [0.717, 1.165) is 12.1 Å². The quantitative estimate of drug-likeness (QED) is 0.628. The Kier molecular flexibility index (Phi) is 3.99. The fourth-order valence-electron chi connectivity index (χ4n) is 1.42. The van der Waals surface area contributed by atoms with Crippen LogP contribution in [0.25, 0.3) is 0 Å². The van der Waals surface area contributed by atoms with Gasteiger partial charge in [0, 0.05) is 24.0 Å². The molecule has 8 heteroatoms. The molecule has 0 saturated carbocycles. The van der Waals surface area contributed by atoms with Gasteiger partial charge in [-0.1, -0.05) is 11.6 Å². The van der Waals surface area contributed by atoms with Gasteiger partial charge in [0.15, 0.2) is 0 Å². The van der Waals surface area contributed by atoms with Crippen LogP contribution >= 0.6 is 11.6 Å². The Morgan fingerprint density at radius 2 is 1.90 bits per heavy atom. The van der Waals surface area contributed by atoms with Crippen LogP contribution in [0.15, 0.2) is 41.5 Å². The summed E-state index contributed by atoms with van der Waals surface area (Å²) < 4.78 is 26.5. The molecule has 0 fully saturated rings. The minimum atomic E-state index is -0.832. The highest BCUT2D eigenvalue weighted by Crippen LogP contribution is 2.12. The fourth-order valence-corrected chi connectivity index (χ4v) is 1.59. The lowest BCUT2D eigenvalue weighted by Crippen LogP contribution is -2.13. The maximum atomic E-state index is 12.9. The van der Waals surface area contributed by atoms with Crippen molar-refractivity contribution in [2.24, 2.45) is 4.99 Å². The van der Waals surface area contributed by atoms with E-state index >= 15 is 0 Å². The molecule has 5 nitrogen and oxygen atoms in total. The van der Waals surface area contributed by atoms with Gasteiger partial charge in [0.25, 0.3) is 0 Å². The van der Waals surface area contributed by atoms with Gasteiger partial charge in [0.1, 0.15) is 16.8 Å². The van der Waals surface area contributed by atoms with Crippen molar-refractivity contribution in [3.8, 4) is 0 Å². The second kappa shape index (κ2) is 5.70. The number of pyridine rings is 1. The number of nitrogens with one attached hydrogen (secondary N) is 1. The predicted molar refractivity (Wildman–Crippen MR) is 67.6 cm³/mol. The molecule has 0 aliphatic heterocycles. The lowest BCUT2D eigenvalue weighted by molar-refractivity contribution is 0.185. The van der Waals surface area contributed by atoms with E-state index < -0.39 is 17.7 Å². The van der Waals surface area contributed by atoms with Crippen LogP contribution in [0.5, 0.6) is 0 Å². The summed E-state index contributed by atoms with van der Waals surface area (Å²) in [5, 5.41) is 11.5. The molecule has 0 atom stereocenters. The Morgan fingerprint density at radius 1 is 1.25 bits per heavy atom. The highest BCUT2D eigenvalue weighted by Gasteiger charge is 2.04. The second-order valence-corrected chi connectivity index (χ2v) is 4.14. The first-order valence-corrected chi connectivity index (χ1v) is 5.71. The summed E-state index contributed by atoms with van der Waals surface area (Å²) in [5.74, 6) is -1.63. The van der Waals surface area contributed by atoms with E-state index in [1.165, 1.54) is 18.3 Å². The highest BCUT2D eigenvalue weighted by atomic mass is 35.5. The van der Waals surface area contributed by atoms with Crippen LogP contribution in [0.1, 0.15) is 0 Å². The molecular weight excluding hydrogens is 292 g/mol. The first kappa shape index (κ1) is 14.0. The number of carbonyl (C=O) groups excluding carboxylic acids is 1. The van der Waals surface area contributed by atoms with Gasteiger partial charge in [0.2, 0.25) is 0 Å². The largest absolute Gasteiger partial charge is 0.428 e. The number of hydrogen-bond donors (Lipinski definition) is 2. The third-order valence-electron chi connectivity index (χ3n) is 2.22. The number of halogens is 3. The van der Waals surface area contributed by atoms with E-state index in [-0.39, 0.29) is 16.2 Å². The molecule has 2 N–H and O–H groups in total. The average Bonchev–Trinajstić information content (AvgIpc) is 2.32. The molecule has 2 aromatic rings. The summed E-state index contributed by atoms with van der Waals surface area (Å²) in [5.41, 5.74) is -0.0597. The van der Waals surface area contributed by atoms with Crippen molar-refractivity contribution in [3.05, 3.63) is 58.7 Å². The molecule has 0 bridgehead atoms. The molecule has 0 aliphatic carbocycles. The van der Waals surface area contributed by atoms with Gasteiger partial charge in [-0.05, 0) is 18.2 Å². The minimum Gasteiger partial charge on any atom is -0.428 e. The molecule has 1 aromatic heterocycles. The van der Waals surface area contributed by atoms with Crippen molar-refractivity contribution in [1.29, 1.82) is 0 Å². The molecular formula is C12H8ClF2N3O2. The normalized spacial score (nSPS) is 11.4. The predicted octanol–water partition coefficient (Wildman–Crippen LogP) is 2.79. The average molecular weight is 300 g/mol. The molecule has 20 heavy (non-hydrogen) atoms. The molecule has 2 rings (SSSR count). The Bertz CT molecular complexity index is 711. The molecule has 0 radical (unpaired) electrons. The van der Waals surface area contributed by atoms with Gasteiger partial charge in [-0.15, -0.1) is 0 Å². The Labute approximate surface area is 116 Å². The number of rotatable bonds is 1. The van der Waals surface area contributed by atoms with Crippen molar-refractivity contribution in [1.82, 2.24) is 4.73 Å². The number of anilines is 1. The number of carbonyl (C=O) groups is 1. The molecule has 2 amide bonds. The summed E-state index contributed by atoms with van der Waals surface area (Å²) in [4.78, 5) is 15.2. The summed E-state index contributed by atoms with van der Waals surface area (Å²) in [6.07, 6.45) is 1.19. The molecule has 1 heterocycles. The standard InChI is InChI=1S/C12H8ClF2N3O2/c13-11-6-9(1-2-18(11)20)16-12(19)17-10-4-7(14)3-8(15)5-10/h1-6,20H,(H,17,19)/b16-9-. The van der Waals surface area contributed by atoms with Crippen LogP contribution in [0.3, 0.4) is 0 Å². The summed E-state index contributed by atoms with van der Waals surface area (Å²) in [7, 11) is 0. The number of urea groups is 1. The smallest absolute Gasteiger partial charge is 0.345 e. The first-order valence-electron chi connectivity index (χ1n) is 5.33. The summed E-state index contributed by atoms with van der Waals surface area (Å²) in [6, 6.07) is 4.34. The molecule has 1 aromatic carbocycles. The summed E-state index contributed by atoms with van der Waals surface area (Å²) >= 11 is 5.62. The zero-order valence-corrected chi connectivity index (χ0v) is 10.6. The monoisotopic (exact) mass is 299 g/mol. The number of amides is 2. The minimum absolute atomic E-state index is 0.0455. The number of nitrogens with zero attached hydrogens (tertiary/aromatic N) is 2. The van der Waals surface area contributed by atoms with Crippen molar-refractivity contribution in [2.45, 2.75) is 0 Å². The van der Waals surface area contributed by atoms with Crippen molar-refractivity contribution in [3.63, 3.8) is 0 Å². The fraction of sp³-hybridized carbons (Fsp3) is 0. The van der Waals surface area contributed by atoms with E-state index in [1.54, 1.807) is 0 Å². The first-order chi connectivity index (χ1) is 9.44.